The van der Waals surface area contributed by atoms with Crippen molar-refractivity contribution in [2.75, 3.05) is 0 Å². The van der Waals surface area contributed by atoms with Crippen molar-refractivity contribution in [1.82, 2.24) is 4.98 Å². The van der Waals surface area contributed by atoms with E-state index in [4.69, 9.17) is 4.43 Å². The monoisotopic (exact) mass is 339 g/mol. The molecule has 0 unspecified atom stereocenters. The van der Waals surface area contributed by atoms with E-state index >= 15 is 0 Å². The predicted octanol–water partition coefficient (Wildman–Crippen LogP) is 4.93. The fourth-order valence-electron chi connectivity index (χ4n) is 2.16. The number of ketones is 1. The molecule has 22 heavy (non-hydrogen) atoms. The zero-order chi connectivity index (χ0) is 15.7. The molecule has 0 radical (unpaired) electrons. The summed E-state index contributed by atoms with van der Waals surface area (Å²) in [5.41, 5.74) is 0. The van der Waals surface area contributed by atoms with E-state index in [0.717, 1.165) is 5.03 Å². The highest BCUT2D eigenvalue weighted by molar-refractivity contribution is 8.00. The molecule has 2 rings (SSSR count). The highest BCUT2D eigenvalue weighted by Crippen LogP contribution is 2.42. The molecule has 0 aromatic carbocycles. The Morgan fingerprint density at radius 2 is 1.95 bits per heavy atom. The molecule has 1 aromatic rings. The van der Waals surface area contributed by atoms with Crippen LogP contribution >= 0.6 is 11.8 Å². The van der Waals surface area contributed by atoms with E-state index in [-0.39, 0.29) is 23.8 Å². The molecule has 1 aliphatic carbocycles. The fraction of sp³-hybridized carbons (Fsp3) is 0.647. The zero-order valence-corrected chi connectivity index (χ0v) is 15.4. The van der Waals surface area contributed by atoms with Crippen molar-refractivity contribution in [3.05, 3.63) is 24.4 Å². The lowest BCUT2D eigenvalue weighted by molar-refractivity contribution is -0.117. The lowest BCUT2D eigenvalue weighted by Crippen LogP contribution is -2.45. The van der Waals surface area contributed by atoms with Crippen molar-refractivity contribution in [1.29, 1.82) is 0 Å². The number of rotatable bonds is 4. The molecular weight excluding hydrogens is 310 g/mol. The first-order valence-corrected chi connectivity index (χ1v) is 11.2. The van der Waals surface area contributed by atoms with Crippen LogP contribution in [0.3, 0.4) is 0 Å². The quantitative estimate of drug-likeness (QED) is 0.729. The minimum atomic E-state index is -1.84. The van der Waals surface area contributed by atoms with Gasteiger partial charge in [0.25, 0.3) is 0 Å². The zero-order valence-electron chi connectivity index (χ0n) is 13.6. The predicted molar refractivity (Wildman–Crippen MR) is 96.9 cm³/mol. The first kappa shape index (κ1) is 19.4. The number of Topliss-reactive ketones (excluding diaryl/α,β-unsaturated/α-hetero) is 1. The Morgan fingerprint density at radius 1 is 1.27 bits per heavy atom. The smallest absolute Gasteiger partial charge is 0.192 e. The van der Waals surface area contributed by atoms with Crippen LogP contribution in [0.25, 0.3) is 0 Å². The third kappa shape index (κ3) is 4.67. The summed E-state index contributed by atoms with van der Waals surface area (Å²) in [6.07, 6.45) is 2.98. The van der Waals surface area contributed by atoms with Crippen LogP contribution in [0.4, 0.5) is 0 Å². The van der Waals surface area contributed by atoms with E-state index < -0.39 is 8.32 Å². The van der Waals surface area contributed by atoms with Gasteiger partial charge in [0.15, 0.2) is 8.32 Å². The van der Waals surface area contributed by atoms with Gasteiger partial charge in [-0.05, 0) is 30.3 Å². The van der Waals surface area contributed by atoms with Gasteiger partial charge in [-0.2, -0.15) is 0 Å². The van der Waals surface area contributed by atoms with Crippen molar-refractivity contribution in [2.24, 2.45) is 0 Å². The molecule has 1 saturated carbocycles. The summed E-state index contributed by atoms with van der Waals surface area (Å²) in [6.45, 7) is 11.2. The van der Waals surface area contributed by atoms with E-state index in [1.54, 1.807) is 18.0 Å². The summed E-state index contributed by atoms with van der Waals surface area (Å²) in [4.78, 5) is 16.2. The van der Waals surface area contributed by atoms with E-state index in [1.807, 2.05) is 18.2 Å². The highest BCUT2D eigenvalue weighted by Gasteiger charge is 2.44. The molecule has 0 amide bonds. The van der Waals surface area contributed by atoms with Crippen molar-refractivity contribution < 1.29 is 9.22 Å². The van der Waals surface area contributed by atoms with Crippen LogP contribution in [0.2, 0.25) is 18.1 Å². The minimum absolute atomic E-state index is 0. The molecule has 0 bridgehead atoms. The molecule has 1 aromatic heterocycles. The number of pyridine rings is 1. The topological polar surface area (TPSA) is 39.2 Å². The molecule has 0 N–H and O–H groups in total. The second-order valence-electron chi connectivity index (χ2n) is 7.19. The third-order valence-electron chi connectivity index (χ3n) is 4.43. The molecule has 2 atom stereocenters. The van der Waals surface area contributed by atoms with Gasteiger partial charge in [0.2, 0.25) is 0 Å². The normalized spacial score (nSPS) is 22.5. The Bertz CT molecular complexity index is 499. The summed E-state index contributed by atoms with van der Waals surface area (Å²) in [5.74, 6) is 0.312. The summed E-state index contributed by atoms with van der Waals surface area (Å²) >= 11 is 1.68. The van der Waals surface area contributed by atoms with E-state index in [0.29, 0.717) is 18.6 Å². The van der Waals surface area contributed by atoms with Crippen LogP contribution in [-0.4, -0.2) is 30.4 Å². The van der Waals surface area contributed by atoms with Gasteiger partial charge < -0.3 is 4.43 Å². The number of aromatic nitrogens is 1. The first-order valence-electron chi connectivity index (χ1n) is 7.46. The molecule has 0 saturated heterocycles. The van der Waals surface area contributed by atoms with Crippen LogP contribution in [0.5, 0.6) is 0 Å². The summed E-state index contributed by atoms with van der Waals surface area (Å²) in [5, 5.41) is 1.33. The van der Waals surface area contributed by atoms with Gasteiger partial charge in [-0.25, -0.2) is 4.98 Å². The van der Waals surface area contributed by atoms with Gasteiger partial charge in [-0.15, -0.1) is 0 Å². The first-order chi connectivity index (χ1) is 9.69. The second-order valence-corrected chi connectivity index (χ2v) is 13.2. The minimum Gasteiger partial charge on any atom is -0.412 e. The van der Waals surface area contributed by atoms with Crippen molar-refractivity contribution in [3.63, 3.8) is 0 Å². The average Bonchev–Trinajstić information content (AvgIpc) is 2.68. The van der Waals surface area contributed by atoms with Crippen molar-refractivity contribution in [2.45, 2.75) is 75.6 Å². The highest BCUT2D eigenvalue weighted by atomic mass is 32.2. The van der Waals surface area contributed by atoms with Gasteiger partial charge in [-0.1, -0.05) is 46.0 Å². The number of carbonyl (C=O) groups is 1. The Balaban J connectivity index is 0.00000242. The number of hydrogen-bond acceptors (Lipinski definition) is 4. The van der Waals surface area contributed by atoms with E-state index in [9.17, 15) is 4.79 Å². The molecule has 0 spiro atoms. The maximum Gasteiger partial charge on any atom is 0.192 e. The molecule has 3 nitrogen and oxygen atoms in total. The van der Waals surface area contributed by atoms with E-state index in [2.05, 4.69) is 38.8 Å². The van der Waals surface area contributed by atoms with E-state index in [1.165, 1.54) is 0 Å². The van der Waals surface area contributed by atoms with Gasteiger partial charge in [0, 0.05) is 24.3 Å². The van der Waals surface area contributed by atoms with Gasteiger partial charge in [0.05, 0.1) is 11.1 Å². The Hall–Kier alpha value is -0.653. The second kappa shape index (κ2) is 7.28. The van der Waals surface area contributed by atoms with Crippen LogP contribution < -0.4 is 0 Å². The third-order valence-corrected chi connectivity index (χ3v) is 10.2. The number of nitrogens with zero attached hydrogens (tertiary/aromatic N) is 1. The maximum absolute atomic E-state index is 11.9. The summed E-state index contributed by atoms with van der Waals surface area (Å²) < 4.78 is 6.49. The van der Waals surface area contributed by atoms with Crippen LogP contribution in [0.1, 0.15) is 41.0 Å². The molecular formula is C17H29NO2SSi. The molecule has 1 aliphatic rings. The summed E-state index contributed by atoms with van der Waals surface area (Å²) in [7, 11) is -1.84. The van der Waals surface area contributed by atoms with Crippen LogP contribution in [-0.2, 0) is 9.22 Å². The Morgan fingerprint density at radius 3 is 2.50 bits per heavy atom. The molecule has 1 fully saturated rings. The molecule has 5 heteroatoms. The Kier molecular flexibility index (Phi) is 6.42. The van der Waals surface area contributed by atoms with Crippen molar-refractivity contribution >= 4 is 25.9 Å². The van der Waals surface area contributed by atoms with Gasteiger partial charge in [0.1, 0.15) is 5.78 Å². The fourth-order valence-corrected chi connectivity index (χ4v) is 4.78. The number of hydrogen-bond donors (Lipinski definition) is 0. The molecule has 124 valence electrons. The summed E-state index contributed by atoms with van der Waals surface area (Å²) in [6, 6.07) is 5.89. The number of thioether (sulfide) groups is 1. The van der Waals surface area contributed by atoms with Crippen molar-refractivity contribution in [3.8, 4) is 0 Å². The lowest BCUT2D eigenvalue weighted by atomic mass is 10.2. The maximum atomic E-state index is 11.9. The lowest BCUT2D eigenvalue weighted by Gasteiger charge is -2.39. The Labute approximate surface area is 140 Å². The molecule has 1 heterocycles. The van der Waals surface area contributed by atoms with Crippen LogP contribution in [0.15, 0.2) is 29.4 Å². The van der Waals surface area contributed by atoms with Crippen LogP contribution in [0, 0.1) is 0 Å². The van der Waals surface area contributed by atoms with Gasteiger partial charge >= 0.3 is 0 Å². The average molecular weight is 340 g/mol. The largest absolute Gasteiger partial charge is 0.412 e. The van der Waals surface area contributed by atoms with Gasteiger partial charge in [-0.3, -0.25) is 4.79 Å². The number of carbonyl (C=O) groups excluding carboxylic acids is 1. The SMILES string of the molecule is C.CC(C)(C)[Si](C)(C)O[C@H]1CC(=O)C[C@@H]1Sc1ccccn1. The molecule has 0 aliphatic heterocycles. The standard InChI is InChI=1S/C16H25NO2SSi.CH4/c1-16(2,3)21(4,5)19-13-10-12(18)11-14(13)20-15-8-6-7-9-17-15;/h6-9,13-14H,10-11H2,1-5H3;1H4/t13-,14-;/m0./s1.